The minimum Gasteiger partial charge on any atom is -0.315 e. The van der Waals surface area contributed by atoms with E-state index in [1.807, 2.05) is 18.4 Å². The quantitative estimate of drug-likeness (QED) is 0.434. The van der Waals surface area contributed by atoms with Crippen LogP contribution in [0.1, 0.15) is 33.8 Å². The lowest BCUT2D eigenvalue weighted by molar-refractivity contribution is 0.0968. The summed E-state index contributed by atoms with van der Waals surface area (Å²) in [4.78, 5) is 20.0. The SMILES string of the molecule is C#Cc1csc2ccnc(N(C(=O)c3ccc(-c4nnc(C)s4)cc3F)C3CCCNC3)c12. The second-order valence-corrected chi connectivity index (χ2v) is 9.89. The third kappa shape index (κ3) is 4.02. The standard InChI is InChI=1S/C24H20FN5OS2/c1-3-15-13-32-20-8-10-27-22(21(15)20)30(17-5-4-9-26-12-17)24(31)18-7-6-16(11-19(18)25)23-29-28-14(2)33-23/h1,6-8,10-11,13,17,26H,4-5,9,12H2,2H3. The van der Waals surface area contributed by atoms with E-state index in [2.05, 4.69) is 26.4 Å². The van der Waals surface area contributed by atoms with Crippen molar-refractivity contribution >= 4 is 44.5 Å². The molecule has 1 aliphatic heterocycles. The third-order valence-electron chi connectivity index (χ3n) is 5.68. The molecule has 166 valence electrons. The Morgan fingerprint density at radius 2 is 2.21 bits per heavy atom. The first-order valence-electron chi connectivity index (χ1n) is 10.5. The highest BCUT2D eigenvalue weighted by Gasteiger charge is 2.32. The largest absolute Gasteiger partial charge is 0.315 e. The number of aromatic nitrogens is 3. The molecule has 0 radical (unpaired) electrons. The molecular weight excluding hydrogens is 457 g/mol. The molecule has 1 N–H and O–H groups in total. The van der Waals surface area contributed by atoms with Gasteiger partial charge in [-0.3, -0.25) is 9.69 Å². The van der Waals surface area contributed by atoms with Crippen molar-refractivity contribution in [3.63, 3.8) is 0 Å². The minimum absolute atomic E-state index is 0.0122. The van der Waals surface area contributed by atoms with Crippen molar-refractivity contribution in [2.45, 2.75) is 25.8 Å². The Labute approximate surface area is 198 Å². The number of fused-ring (bicyclic) bond motifs is 1. The van der Waals surface area contributed by atoms with Gasteiger partial charge < -0.3 is 5.32 Å². The molecule has 1 saturated heterocycles. The van der Waals surface area contributed by atoms with E-state index >= 15 is 4.39 Å². The first kappa shape index (κ1) is 21.6. The van der Waals surface area contributed by atoms with Crippen LogP contribution in [-0.4, -0.2) is 40.2 Å². The smallest absolute Gasteiger partial charge is 0.262 e. The molecule has 0 spiro atoms. The number of pyridine rings is 1. The summed E-state index contributed by atoms with van der Waals surface area (Å²) in [5.41, 5.74) is 1.26. The summed E-state index contributed by atoms with van der Waals surface area (Å²) >= 11 is 2.88. The van der Waals surface area contributed by atoms with Crippen LogP contribution in [-0.2, 0) is 0 Å². The maximum atomic E-state index is 15.3. The van der Waals surface area contributed by atoms with E-state index in [1.54, 1.807) is 17.2 Å². The fraction of sp³-hybridized carbons (Fsp3) is 0.250. The molecule has 33 heavy (non-hydrogen) atoms. The summed E-state index contributed by atoms with van der Waals surface area (Å²) in [5, 5.41) is 15.5. The number of carbonyl (C=O) groups is 1. The Morgan fingerprint density at radius 1 is 1.33 bits per heavy atom. The van der Waals surface area contributed by atoms with Gasteiger partial charge in [-0.15, -0.1) is 28.0 Å². The fourth-order valence-corrected chi connectivity index (χ4v) is 5.69. The first-order valence-corrected chi connectivity index (χ1v) is 12.2. The zero-order valence-electron chi connectivity index (χ0n) is 17.8. The summed E-state index contributed by atoms with van der Waals surface area (Å²) in [6.45, 7) is 3.33. The van der Waals surface area contributed by atoms with Crippen LogP contribution in [0.15, 0.2) is 35.8 Å². The lowest BCUT2D eigenvalue weighted by Gasteiger charge is -2.34. The van der Waals surface area contributed by atoms with Gasteiger partial charge in [0.2, 0.25) is 0 Å². The van der Waals surface area contributed by atoms with Crippen LogP contribution >= 0.6 is 22.7 Å². The van der Waals surface area contributed by atoms with Gasteiger partial charge in [0.05, 0.1) is 17.0 Å². The second-order valence-electron chi connectivity index (χ2n) is 7.80. The molecule has 6 nitrogen and oxygen atoms in total. The molecule has 1 unspecified atom stereocenters. The first-order chi connectivity index (χ1) is 16.1. The molecule has 1 aliphatic rings. The molecule has 1 aromatic carbocycles. The Balaban J connectivity index is 1.60. The Morgan fingerprint density at radius 3 is 2.91 bits per heavy atom. The monoisotopic (exact) mass is 477 g/mol. The number of hydrogen-bond donors (Lipinski definition) is 1. The summed E-state index contributed by atoms with van der Waals surface area (Å²) < 4.78 is 16.2. The van der Waals surface area contributed by atoms with Crippen molar-refractivity contribution < 1.29 is 9.18 Å². The number of benzene rings is 1. The number of carbonyl (C=O) groups excluding carboxylic acids is 1. The molecule has 1 atom stereocenters. The van der Waals surface area contributed by atoms with Gasteiger partial charge in [-0.25, -0.2) is 9.37 Å². The maximum Gasteiger partial charge on any atom is 0.262 e. The average Bonchev–Trinajstić information content (AvgIpc) is 3.46. The zero-order chi connectivity index (χ0) is 22.9. The highest BCUT2D eigenvalue weighted by molar-refractivity contribution is 7.17. The summed E-state index contributed by atoms with van der Waals surface area (Å²) in [5.74, 6) is 2.13. The Bertz CT molecular complexity index is 1380. The number of amides is 1. The molecule has 5 rings (SSSR count). The van der Waals surface area contributed by atoms with Gasteiger partial charge in [0.1, 0.15) is 21.7 Å². The van der Waals surface area contributed by atoms with Gasteiger partial charge in [0.25, 0.3) is 5.91 Å². The van der Waals surface area contributed by atoms with Crippen LogP contribution < -0.4 is 10.2 Å². The van der Waals surface area contributed by atoms with E-state index in [0.29, 0.717) is 28.5 Å². The van der Waals surface area contributed by atoms with E-state index in [1.165, 1.54) is 34.8 Å². The van der Waals surface area contributed by atoms with Gasteiger partial charge in [-0.05, 0) is 44.5 Å². The van der Waals surface area contributed by atoms with Crippen molar-refractivity contribution in [3.05, 3.63) is 57.8 Å². The number of piperidine rings is 1. The summed E-state index contributed by atoms with van der Waals surface area (Å²) in [7, 11) is 0. The average molecular weight is 478 g/mol. The van der Waals surface area contributed by atoms with E-state index in [-0.39, 0.29) is 11.6 Å². The van der Waals surface area contributed by atoms with Crippen LogP contribution in [0.2, 0.25) is 0 Å². The lowest BCUT2D eigenvalue weighted by atomic mass is 10.0. The maximum absolute atomic E-state index is 15.3. The number of anilines is 1. The number of thiophene rings is 1. The van der Waals surface area contributed by atoms with Crippen LogP contribution in [0.4, 0.5) is 10.2 Å². The molecule has 0 saturated carbocycles. The highest BCUT2D eigenvalue weighted by Crippen LogP contribution is 2.35. The zero-order valence-corrected chi connectivity index (χ0v) is 19.5. The molecule has 0 bridgehead atoms. The fourth-order valence-electron chi connectivity index (χ4n) is 4.11. The number of terminal acetylenes is 1. The topological polar surface area (TPSA) is 71.0 Å². The molecule has 1 fully saturated rings. The number of nitrogens with one attached hydrogen (secondary N) is 1. The highest BCUT2D eigenvalue weighted by atomic mass is 32.1. The lowest BCUT2D eigenvalue weighted by Crippen LogP contribution is -2.49. The number of rotatable bonds is 4. The summed E-state index contributed by atoms with van der Waals surface area (Å²) in [6.07, 6.45) is 9.10. The second kappa shape index (κ2) is 8.98. The van der Waals surface area contributed by atoms with Gasteiger partial charge in [-0.1, -0.05) is 23.3 Å². The number of aryl methyl sites for hydroxylation is 1. The van der Waals surface area contributed by atoms with E-state index in [0.717, 1.165) is 34.5 Å². The molecule has 4 aromatic rings. The normalized spacial score (nSPS) is 16.0. The molecular formula is C24H20FN5OS2. The van der Waals surface area contributed by atoms with E-state index in [9.17, 15) is 4.79 Å². The molecule has 3 aromatic heterocycles. The predicted molar refractivity (Wildman–Crippen MR) is 130 cm³/mol. The van der Waals surface area contributed by atoms with Gasteiger partial charge >= 0.3 is 0 Å². The van der Waals surface area contributed by atoms with Gasteiger partial charge in [-0.2, -0.15) is 0 Å². The predicted octanol–water partition coefficient (Wildman–Crippen LogP) is 4.64. The van der Waals surface area contributed by atoms with Crippen molar-refractivity contribution in [1.29, 1.82) is 0 Å². The van der Waals surface area contributed by atoms with Crippen LogP contribution in [0, 0.1) is 25.1 Å². The molecule has 1 amide bonds. The van der Waals surface area contributed by atoms with Crippen molar-refractivity contribution in [3.8, 4) is 22.9 Å². The van der Waals surface area contributed by atoms with Gasteiger partial charge in [0, 0.05) is 33.9 Å². The molecule has 0 aliphatic carbocycles. The van der Waals surface area contributed by atoms with E-state index in [4.69, 9.17) is 6.42 Å². The van der Waals surface area contributed by atoms with Crippen molar-refractivity contribution in [1.82, 2.24) is 20.5 Å². The number of halogens is 1. The number of nitrogens with zero attached hydrogens (tertiary/aromatic N) is 4. The Hall–Kier alpha value is -3.19. The minimum atomic E-state index is -0.603. The molecule has 9 heteroatoms. The van der Waals surface area contributed by atoms with Crippen LogP contribution in [0.25, 0.3) is 20.7 Å². The third-order valence-corrected chi connectivity index (χ3v) is 7.51. The summed E-state index contributed by atoms with van der Waals surface area (Å²) in [6, 6.07) is 6.28. The Kier molecular flexibility index (Phi) is 5.89. The van der Waals surface area contributed by atoms with Crippen molar-refractivity contribution in [2.75, 3.05) is 18.0 Å². The number of hydrogen-bond acceptors (Lipinski definition) is 7. The van der Waals surface area contributed by atoms with Gasteiger partial charge in [0.15, 0.2) is 0 Å². The van der Waals surface area contributed by atoms with Crippen LogP contribution in [0.3, 0.4) is 0 Å². The van der Waals surface area contributed by atoms with Crippen molar-refractivity contribution in [2.24, 2.45) is 0 Å². The van der Waals surface area contributed by atoms with Crippen LogP contribution in [0.5, 0.6) is 0 Å². The van der Waals surface area contributed by atoms with E-state index < -0.39 is 11.7 Å². The molecule has 4 heterocycles.